The normalized spacial score (nSPS) is 23.4. The standard InChI is InChI=1S/C15H19N3O/c1-19-13-5-2-11(3-6-13)18-12-4-7-14-15(10-12)17-9-8-16-14/h4,7-11,13,18H,2-3,5-6H2,1H3. The highest BCUT2D eigenvalue weighted by molar-refractivity contribution is 5.78. The zero-order chi connectivity index (χ0) is 13.1. The van der Waals surface area contributed by atoms with Crippen LogP contribution in [0.4, 0.5) is 5.69 Å². The van der Waals surface area contributed by atoms with Crippen LogP contribution in [-0.4, -0.2) is 29.2 Å². The first-order chi connectivity index (χ1) is 9.35. The van der Waals surface area contributed by atoms with Crippen molar-refractivity contribution in [3.05, 3.63) is 30.6 Å². The van der Waals surface area contributed by atoms with E-state index >= 15 is 0 Å². The summed E-state index contributed by atoms with van der Waals surface area (Å²) in [6, 6.07) is 6.72. The number of hydrogen-bond acceptors (Lipinski definition) is 4. The van der Waals surface area contributed by atoms with Crippen LogP contribution in [0.3, 0.4) is 0 Å². The van der Waals surface area contributed by atoms with Crippen LogP contribution in [-0.2, 0) is 4.74 Å². The summed E-state index contributed by atoms with van der Waals surface area (Å²) in [6.45, 7) is 0. The van der Waals surface area contributed by atoms with E-state index in [-0.39, 0.29) is 0 Å². The maximum atomic E-state index is 5.40. The van der Waals surface area contributed by atoms with Gasteiger partial charge in [0.25, 0.3) is 0 Å². The van der Waals surface area contributed by atoms with E-state index in [2.05, 4.69) is 27.4 Å². The monoisotopic (exact) mass is 257 g/mol. The van der Waals surface area contributed by atoms with E-state index in [9.17, 15) is 0 Å². The lowest BCUT2D eigenvalue weighted by molar-refractivity contribution is 0.0682. The number of aromatic nitrogens is 2. The second-order valence-corrected chi connectivity index (χ2v) is 5.11. The highest BCUT2D eigenvalue weighted by atomic mass is 16.5. The fourth-order valence-corrected chi connectivity index (χ4v) is 2.73. The Morgan fingerprint density at radius 2 is 1.79 bits per heavy atom. The molecule has 100 valence electrons. The molecule has 1 saturated carbocycles. The van der Waals surface area contributed by atoms with Crippen molar-refractivity contribution in [2.24, 2.45) is 0 Å². The molecule has 0 unspecified atom stereocenters. The molecule has 0 amide bonds. The molecule has 1 aromatic carbocycles. The Bertz CT molecular complexity index is 550. The van der Waals surface area contributed by atoms with Crippen molar-refractivity contribution in [1.82, 2.24) is 9.97 Å². The van der Waals surface area contributed by atoms with Crippen LogP contribution in [0, 0.1) is 0 Å². The van der Waals surface area contributed by atoms with Crippen LogP contribution in [0.25, 0.3) is 11.0 Å². The quantitative estimate of drug-likeness (QED) is 0.918. The van der Waals surface area contributed by atoms with Crippen molar-refractivity contribution in [1.29, 1.82) is 0 Å². The Labute approximate surface area is 113 Å². The van der Waals surface area contributed by atoms with Crippen LogP contribution >= 0.6 is 0 Å². The first-order valence-corrected chi connectivity index (χ1v) is 6.85. The average Bonchev–Trinajstić information content (AvgIpc) is 2.48. The fourth-order valence-electron chi connectivity index (χ4n) is 2.73. The lowest BCUT2D eigenvalue weighted by Crippen LogP contribution is -2.29. The smallest absolute Gasteiger partial charge is 0.0907 e. The second-order valence-electron chi connectivity index (χ2n) is 5.11. The van der Waals surface area contributed by atoms with Gasteiger partial charge in [-0.1, -0.05) is 0 Å². The van der Waals surface area contributed by atoms with Gasteiger partial charge in [0.2, 0.25) is 0 Å². The van der Waals surface area contributed by atoms with E-state index in [1.54, 1.807) is 19.5 Å². The topological polar surface area (TPSA) is 47.0 Å². The molecule has 2 aromatic rings. The number of hydrogen-bond donors (Lipinski definition) is 1. The van der Waals surface area contributed by atoms with E-state index in [1.807, 2.05) is 6.07 Å². The van der Waals surface area contributed by atoms with Gasteiger partial charge in [0, 0.05) is 31.2 Å². The average molecular weight is 257 g/mol. The van der Waals surface area contributed by atoms with Crippen LogP contribution in [0.5, 0.6) is 0 Å². The molecule has 0 radical (unpaired) electrons. The second kappa shape index (κ2) is 5.53. The summed E-state index contributed by atoms with van der Waals surface area (Å²) in [5, 5.41) is 3.59. The molecule has 0 atom stereocenters. The highest BCUT2D eigenvalue weighted by Crippen LogP contribution is 2.24. The number of benzene rings is 1. The van der Waals surface area contributed by atoms with E-state index in [0.717, 1.165) is 42.4 Å². The highest BCUT2D eigenvalue weighted by Gasteiger charge is 2.20. The van der Waals surface area contributed by atoms with Gasteiger partial charge in [-0.3, -0.25) is 9.97 Å². The van der Waals surface area contributed by atoms with E-state index < -0.39 is 0 Å². The van der Waals surface area contributed by atoms with Crippen molar-refractivity contribution >= 4 is 16.7 Å². The van der Waals surface area contributed by atoms with Gasteiger partial charge >= 0.3 is 0 Å². The molecule has 4 heteroatoms. The fraction of sp³-hybridized carbons (Fsp3) is 0.467. The summed E-state index contributed by atoms with van der Waals surface area (Å²) in [7, 11) is 1.81. The Morgan fingerprint density at radius 3 is 2.53 bits per heavy atom. The molecule has 1 aromatic heterocycles. The summed E-state index contributed by atoms with van der Waals surface area (Å²) in [5.41, 5.74) is 3.02. The molecular formula is C15H19N3O. The van der Waals surface area contributed by atoms with Gasteiger partial charge in [-0.05, 0) is 43.9 Å². The predicted octanol–water partition coefficient (Wildman–Crippen LogP) is 3.00. The number of ether oxygens (including phenoxy) is 1. The van der Waals surface area contributed by atoms with Crippen LogP contribution < -0.4 is 5.32 Å². The largest absolute Gasteiger partial charge is 0.382 e. The summed E-state index contributed by atoms with van der Waals surface area (Å²) >= 11 is 0. The SMILES string of the molecule is COC1CCC(Nc2ccc3nccnc3c2)CC1. The zero-order valence-electron chi connectivity index (χ0n) is 11.2. The van der Waals surface area contributed by atoms with Crippen molar-refractivity contribution in [3.63, 3.8) is 0 Å². The number of fused-ring (bicyclic) bond motifs is 1. The number of rotatable bonds is 3. The summed E-state index contributed by atoms with van der Waals surface area (Å²) in [5.74, 6) is 0. The lowest BCUT2D eigenvalue weighted by atomic mass is 9.93. The molecule has 0 bridgehead atoms. The molecule has 0 aliphatic heterocycles. The molecule has 1 N–H and O–H groups in total. The summed E-state index contributed by atoms with van der Waals surface area (Å²) in [4.78, 5) is 8.62. The Balaban J connectivity index is 1.68. The lowest BCUT2D eigenvalue weighted by Gasteiger charge is -2.28. The zero-order valence-corrected chi connectivity index (χ0v) is 11.2. The molecule has 0 spiro atoms. The number of nitrogens with zero attached hydrogens (tertiary/aromatic N) is 2. The van der Waals surface area contributed by atoms with Gasteiger partial charge in [-0.2, -0.15) is 0 Å². The summed E-state index contributed by atoms with van der Waals surface area (Å²) in [6.07, 6.45) is 8.51. The minimum absolute atomic E-state index is 0.445. The van der Waals surface area contributed by atoms with Gasteiger partial charge in [-0.25, -0.2) is 0 Å². The van der Waals surface area contributed by atoms with Gasteiger partial charge in [-0.15, -0.1) is 0 Å². The van der Waals surface area contributed by atoms with Crippen molar-refractivity contribution in [2.45, 2.75) is 37.8 Å². The first-order valence-electron chi connectivity index (χ1n) is 6.85. The molecule has 1 aliphatic carbocycles. The maximum absolute atomic E-state index is 5.40. The molecule has 3 rings (SSSR count). The molecule has 19 heavy (non-hydrogen) atoms. The third-order valence-electron chi connectivity index (χ3n) is 3.85. The molecule has 1 heterocycles. The van der Waals surface area contributed by atoms with Crippen molar-refractivity contribution in [2.75, 3.05) is 12.4 Å². The number of anilines is 1. The molecular weight excluding hydrogens is 238 g/mol. The third-order valence-corrected chi connectivity index (χ3v) is 3.85. The number of nitrogens with one attached hydrogen (secondary N) is 1. The molecule has 4 nitrogen and oxygen atoms in total. The Kier molecular flexibility index (Phi) is 3.60. The van der Waals surface area contributed by atoms with Gasteiger partial charge in [0.15, 0.2) is 0 Å². The van der Waals surface area contributed by atoms with Gasteiger partial charge < -0.3 is 10.1 Å². The Morgan fingerprint density at radius 1 is 1.05 bits per heavy atom. The van der Waals surface area contributed by atoms with E-state index in [1.165, 1.54) is 0 Å². The van der Waals surface area contributed by atoms with Gasteiger partial charge in [0.05, 0.1) is 17.1 Å². The summed E-state index contributed by atoms with van der Waals surface area (Å²) < 4.78 is 5.40. The van der Waals surface area contributed by atoms with Crippen molar-refractivity contribution < 1.29 is 4.74 Å². The van der Waals surface area contributed by atoms with Crippen LogP contribution in [0.15, 0.2) is 30.6 Å². The predicted molar refractivity (Wildman–Crippen MR) is 76.2 cm³/mol. The third kappa shape index (κ3) is 2.84. The van der Waals surface area contributed by atoms with Crippen molar-refractivity contribution in [3.8, 4) is 0 Å². The Hall–Kier alpha value is -1.68. The first kappa shape index (κ1) is 12.4. The van der Waals surface area contributed by atoms with E-state index in [4.69, 9.17) is 4.74 Å². The molecule has 1 aliphatic rings. The van der Waals surface area contributed by atoms with Crippen LogP contribution in [0.2, 0.25) is 0 Å². The minimum Gasteiger partial charge on any atom is -0.382 e. The maximum Gasteiger partial charge on any atom is 0.0907 e. The van der Waals surface area contributed by atoms with Gasteiger partial charge in [0.1, 0.15) is 0 Å². The van der Waals surface area contributed by atoms with E-state index in [0.29, 0.717) is 12.1 Å². The minimum atomic E-state index is 0.445. The number of methoxy groups -OCH3 is 1. The molecule has 1 fully saturated rings. The molecule has 0 saturated heterocycles. The van der Waals surface area contributed by atoms with Crippen LogP contribution in [0.1, 0.15) is 25.7 Å².